The lowest BCUT2D eigenvalue weighted by molar-refractivity contribution is 0.286. The number of nitrogens with zero attached hydrogens (tertiary/aromatic N) is 1. The molecule has 2 aromatic rings. The second-order valence-electron chi connectivity index (χ2n) is 4.77. The number of hydrogen-bond donors (Lipinski definition) is 0. The van der Waals surface area contributed by atoms with E-state index in [4.69, 9.17) is 0 Å². The quantitative estimate of drug-likeness (QED) is 0.406. The lowest BCUT2D eigenvalue weighted by Crippen LogP contribution is -2.22. The molecule has 0 saturated heterocycles. The van der Waals surface area contributed by atoms with Crippen molar-refractivity contribution in [3.05, 3.63) is 83.9 Å². The van der Waals surface area contributed by atoms with Crippen LogP contribution in [0.25, 0.3) is 0 Å². The predicted octanol–water partition coefficient (Wildman–Crippen LogP) is 4.64. The van der Waals surface area contributed by atoms with Gasteiger partial charge in [0.05, 0.1) is 0 Å². The Hall–Kier alpha value is -1.38. The summed E-state index contributed by atoms with van der Waals surface area (Å²) in [6, 6.07) is 21.3. The zero-order chi connectivity index (χ0) is 14.0. The second kappa shape index (κ2) is 8.72. The van der Waals surface area contributed by atoms with Gasteiger partial charge in [0.25, 0.3) is 0 Å². The number of rotatable bonds is 7. The van der Waals surface area contributed by atoms with Gasteiger partial charge >= 0.3 is 0 Å². The smallest absolute Gasteiger partial charge is 0.0240 e. The molecule has 2 rings (SSSR count). The molecule has 0 aliphatic rings. The first-order valence-corrected chi connectivity index (χ1v) is 8.02. The molecule has 0 bridgehead atoms. The Morgan fingerprint density at radius 1 is 0.750 bits per heavy atom. The van der Waals surface area contributed by atoms with Gasteiger partial charge in [0, 0.05) is 25.0 Å². The molecular formula is C18H20BrN. The van der Waals surface area contributed by atoms with Crippen LogP contribution in [-0.4, -0.2) is 16.8 Å². The van der Waals surface area contributed by atoms with Crippen LogP contribution in [-0.2, 0) is 13.1 Å². The van der Waals surface area contributed by atoms with Crippen molar-refractivity contribution in [2.75, 3.05) is 11.9 Å². The van der Waals surface area contributed by atoms with E-state index >= 15 is 0 Å². The summed E-state index contributed by atoms with van der Waals surface area (Å²) in [7, 11) is 0. The summed E-state index contributed by atoms with van der Waals surface area (Å²) in [4.78, 5) is 2.45. The van der Waals surface area contributed by atoms with E-state index in [-0.39, 0.29) is 0 Å². The Labute approximate surface area is 130 Å². The third-order valence-electron chi connectivity index (χ3n) is 3.12. The Balaban J connectivity index is 2.02. The maximum Gasteiger partial charge on any atom is 0.0240 e. The van der Waals surface area contributed by atoms with Gasteiger partial charge in [-0.2, -0.15) is 0 Å². The molecule has 0 N–H and O–H groups in total. The van der Waals surface area contributed by atoms with E-state index in [0.29, 0.717) is 0 Å². The van der Waals surface area contributed by atoms with Crippen LogP contribution >= 0.6 is 15.9 Å². The van der Waals surface area contributed by atoms with Crippen LogP contribution in [0.15, 0.2) is 72.8 Å². The Morgan fingerprint density at radius 3 is 1.70 bits per heavy atom. The van der Waals surface area contributed by atoms with Gasteiger partial charge in [0.1, 0.15) is 0 Å². The maximum absolute atomic E-state index is 3.43. The van der Waals surface area contributed by atoms with Crippen molar-refractivity contribution in [1.82, 2.24) is 4.90 Å². The Morgan fingerprint density at radius 2 is 1.25 bits per heavy atom. The molecule has 0 aliphatic heterocycles. The molecule has 0 aliphatic carbocycles. The number of hydrogen-bond acceptors (Lipinski definition) is 1. The van der Waals surface area contributed by atoms with Gasteiger partial charge in [-0.15, -0.1) is 0 Å². The van der Waals surface area contributed by atoms with Gasteiger partial charge in [-0.25, -0.2) is 0 Å². The molecule has 0 atom stereocenters. The third-order valence-corrected chi connectivity index (χ3v) is 3.49. The summed E-state index contributed by atoms with van der Waals surface area (Å²) in [5, 5.41) is 0.914. The van der Waals surface area contributed by atoms with Gasteiger partial charge in [-0.05, 0) is 11.1 Å². The average Bonchev–Trinajstić information content (AvgIpc) is 2.49. The van der Waals surface area contributed by atoms with Crippen molar-refractivity contribution in [2.24, 2.45) is 0 Å². The minimum absolute atomic E-state index is 0.914. The highest BCUT2D eigenvalue weighted by atomic mass is 79.9. The van der Waals surface area contributed by atoms with Crippen molar-refractivity contribution in [1.29, 1.82) is 0 Å². The van der Waals surface area contributed by atoms with Crippen molar-refractivity contribution >= 4 is 15.9 Å². The molecule has 0 aromatic heterocycles. The topological polar surface area (TPSA) is 3.24 Å². The molecule has 0 heterocycles. The number of allylic oxidation sites excluding steroid dienone is 1. The van der Waals surface area contributed by atoms with Gasteiger partial charge in [-0.1, -0.05) is 88.7 Å². The summed E-state index contributed by atoms with van der Waals surface area (Å²) in [5.74, 6) is 0. The molecule has 0 saturated carbocycles. The van der Waals surface area contributed by atoms with E-state index in [2.05, 4.69) is 93.6 Å². The van der Waals surface area contributed by atoms with Gasteiger partial charge in [0.15, 0.2) is 0 Å². The molecule has 104 valence electrons. The monoisotopic (exact) mass is 330 g/mol. The molecule has 0 amide bonds. The minimum Gasteiger partial charge on any atom is -0.291 e. The molecular weight excluding hydrogens is 311 g/mol. The zero-order valence-electron chi connectivity index (χ0n) is 11.6. The Kier molecular flexibility index (Phi) is 6.55. The largest absolute Gasteiger partial charge is 0.291 e. The summed E-state index contributed by atoms with van der Waals surface area (Å²) in [6.45, 7) is 2.92. The van der Waals surface area contributed by atoms with E-state index in [1.807, 2.05) is 0 Å². The number of benzene rings is 2. The molecule has 0 radical (unpaired) electrons. The van der Waals surface area contributed by atoms with E-state index in [9.17, 15) is 0 Å². The molecule has 0 unspecified atom stereocenters. The highest BCUT2D eigenvalue weighted by Crippen LogP contribution is 2.10. The van der Waals surface area contributed by atoms with Crippen LogP contribution in [0.4, 0.5) is 0 Å². The zero-order valence-corrected chi connectivity index (χ0v) is 13.2. The van der Waals surface area contributed by atoms with Crippen LogP contribution in [0, 0.1) is 0 Å². The number of alkyl halides is 1. The van der Waals surface area contributed by atoms with Crippen LogP contribution in [0.2, 0.25) is 0 Å². The van der Waals surface area contributed by atoms with E-state index < -0.39 is 0 Å². The van der Waals surface area contributed by atoms with Crippen LogP contribution in [0.1, 0.15) is 11.1 Å². The molecule has 2 aromatic carbocycles. The average molecular weight is 331 g/mol. The van der Waals surface area contributed by atoms with E-state index in [0.717, 1.165) is 25.0 Å². The van der Waals surface area contributed by atoms with Crippen molar-refractivity contribution < 1.29 is 0 Å². The molecule has 0 spiro atoms. The normalized spacial score (nSPS) is 11.3. The van der Waals surface area contributed by atoms with Crippen LogP contribution in [0.5, 0.6) is 0 Å². The predicted molar refractivity (Wildman–Crippen MR) is 89.9 cm³/mol. The molecule has 1 nitrogen and oxygen atoms in total. The number of halogens is 1. The van der Waals surface area contributed by atoms with Gasteiger partial charge < -0.3 is 0 Å². The van der Waals surface area contributed by atoms with E-state index in [1.54, 1.807) is 0 Å². The molecule has 20 heavy (non-hydrogen) atoms. The first kappa shape index (κ1) is 15.0. The lowest BCUT2D eigenvalue weighted by atomic mass is 10.1. The summed E-state index contributed by atoms with van der Waals surface area (Å²) in [6.07, 6.45) is 4.38. The molecule has 2 heteroatoms. The summed E-state index contributed by atoms with van der Waals surface area (Å²) in [5.41, 5.74) is 2.71. The minimum atomic E-state index is 0.914. The van der Waals surface area contributed by atoms with Crippen LogP contribution < -0.4 is 0 Å². The van der Waals surface area contributed by atoms with E-state index in [1.165, 1.54) is 11.1 Å². The lowest BCUT2D eigenvalue weighted by Gasteiger charge is -2.21. The fourth-order valence-corrected chi connectivity index (χ4v) is 2.42. The first-order chi connectivity index (χ1) is 9.88. The maximum atomic E-state index is 3.43. The second-order valence-corrected chi connectivity index (χ2v) is 5.41. The van der Waals surface area contributed by atoms with Crippen molar-refractivity contribution in [2.45, 2.75) is 13.1 Å². The first-order valence-electron chi connectivity index (χ1n) is 6.89. The third kappa shape index (κ3) is 5.32. The fraction of sp³-hybridized carbons (Fsp3) is 0.222. The highest BCUT2D eigenvalue weighted by Gasteiger charge is 2.05. The van der Waals surface area contributed by atoms with Gasteiger partial charge in [-0.3, -0.25) is 4.90 Å². The fourth-order valence-electron chi connectivity index (χ4n) is 2.15. The van der Waals surface area contributed by atoms with Gasteiger partial charge in [0.2, 0.25) is 0 Å². The van der Waals surface area contributed by atoms with Crippen LogP contribution in [0.3, 0.4) is 0 Å². The summed E-state index contributed by atoms with van der Waals surface area (Å²) < 4.78 is 0. The molecule has 0 fully saturated rings. The highest BCUT2D eigenvalue weighted by molar-refractivity contribution is 9.09. The Bertz CT molecular complexity index is 466. The standard InChI is InChI=1S/C18H20BrN/c19-13-7-8-14-20(15-17-9-3-1-4-10-17)16-18-11-5-2-6-12-18/h1-12H,13-16H2/b8-7+/i7+1. The van der Waals surface area contributed by atoms with Crippen molar-refractivity contribution in [3.8, 4) is 0 Å². The SMILES string of the molecule is BrC/[13CH]=C/CN(Cc1ccccc1)Cc1ccccc1. The summed E-state index contributed by atoms with van der Waals surface area (Å²) >= 11 is 3.43. The van der Waals surface area contributed by atoms with Crippen molar-refractivity contribution in [3.63, 3.8) is 0 Å².